The van der Waals surface area contributed by atoms with Crippen LogP contribution in [0.3, 0.4) is 0 Å². The summed E-state index contributed by atoms with van der Waals surface area (Å²) in [7, 11) is 1.53. The molecular weight excluding hydrogens is 338 g/mol. The summed E-state index contributed by atoms with van der Waals surface area (Å²) in [6, 6.07) is 1.80. The Morgan fingerprint density at radius 2 is 2.06 bits per heavy atom. The van der Waals surface area contributed by atoms with Crippen molar-refractivity contribution in [2.24, 2.45) is 11.7 Å². The van der Waals surface area contributed by atoms with Gasteiger partial charge in [-0.05, 0) is 62.2 Å². The standard InChI is InChI=1S/C11H13Br2NO2/c1-16-7-4-6(10(14)5-2-3-5)8(12)9(13)11(7)15/h4-5,10,15H,2-3,14H2,1H3/t10-/m1/s1. The molecule has 1 atom stereocenters. The minimum Gasteiger partial charge on any atom is -0.503 e. The molecule has 1 fully saturated rings. The van der Waals surface area contributed by atoms with Crippen LogP contribution in [-0.4, -0.2) is 12.2 Å². The number of aromatic hydroxyl groups is 1. The number of phenolic OH excluding ortho intramolecular Hbond substituents is 1. The van der Waals surface area contributed by atoms with E-state index in [0.717, 1.165) is 10.0 Å². The van der Waals surface area contributed by atoms with Crippen LogP contribution in [0.5, 0.6) is 11.5 Å². The number of phenols is 1. The summed E-state index contributed by atoms with van der Waals surface area (Å²) in [5, 5.41) is 9.80. The monoisotopic (exact) mass is 349 g/mol. The zero-order chi connectivity index (χ0) is 11.9. The van der Waals surface area contributed by atoms with Gasteiger partial charge in [0.15, 0.2) is 11.5 Å². The maximum Gasteiger partial charge on any atom is 0.173 e. The Balaban J connectivity index is 2.47. The second kappa shape index (κ2) is 4.55. The summed E-state index contributed by atoms with van der Waals surface area (Å²) in [6.45, 7) is 0. The highest BCUT2D eigenvalue weighted by Gasteiger charge is 2.32. The molecule has 0 bridgehead atoms. The van der Waals surface area contributed by atoms with E-state index in [4.69, 9.17) is 10.5 Å². The van der Waals surface area contributed by atoms with Gasteiger partial charge >= 0.3 is 0 Å². The lowest BCUT2D eigenvalue weighted by atomic mass is 10.0. The lowest BCUT2D eigenvalue weighted by Gasteiger charge is -2.17. The molecule has 1 aliphatic rings. The molecule has 88 valence electrons. The second-order valence-corrected chi connectivity index (χ2v) is 5.59. The van der Waals surface area contributed by atoms with Crippen LogP contribution in [0.1, 0.15) is 24.4 Å². The van der Waals surface area contributed by atoms with Gasteiger partial charge < -0.3 is 15.6 Å². The fourth-order valence-corrected chi connectivity index (χ4v) is 2.71. The Bertz CT molecular complexity index is 419. The van der Waals surface area contributed by atoms with Gasteiger partial charge in [-0.3, -0.25) is 0 Å². The van der Waals surface area contributed by atoms with Crippen LogP contribution in [0.2, 0.25) is 0 Å². The van der Waals surface area contributed by atoms with Crippen molar-refractivity contribution in [1.29, 1.82) is 0 Å². The topological polar surface area (TPSA) is 55.5 Å². The summed E-state index contributed by atoms with van der Waals surface area (Å²) in [5.41, 5.74) is 7.13. The SMILES string of the molecule is COc1cc([C@H](N)C2CC2)c(Br)c(Br)c1O. The third-order valence-corrected chi connectivity index (χ3v) is 5.04. The van der Waals surface area contributed by atoms with E-state index >= 15 is 0 Å². The molecule has 0 aromatic heterocycles. The predicted octanol–water partition coefficient (Wildman–Crippen LogP) is 3.34. The first-order valence-electron chi connectivity index (χ1n) is 5.06. The molecule has 1 saturated carbocycles. The molecule has 1 aliphatic carbocycles. The Labute approximate surface area is 111 Å². The molecule has 16 heavy (non-hydrogen) atoms. The number of halogens is 2. The second-order valence-electron chi connectivity index (χ2n) is 4.01. The smallest absolute Gasteiger partial charge is 0.173 e. The predicted molar refractivity (Wildman–Crippen MR) is 69.7 cm³/mol. The summed E-state index contributed by atoms with van der Waals surface area (Å²) in [4.78, 5) is 0. The number of nitrogens with two attached hydrogens (primary N) is 1. The normalized spacial score (nSPS) is 17.2. The largest absolute Gasteiger partial charge is 0.503 e. The maximum absolute atomic E-state index is 9.80. The highest BCUT2D eigenvalue weighted by molar-refractivity contribution is 9.13. The molecule has 0 saturated heterocycles. The molecule has 2 rings (SSSR count). The molecule has 0 unspecified atom stereocenters. The Morgan fingerprint density at radius 3 is 2.56 bits per heavy atom. The van der Waals surface area contributed by atoms with E-state index in [1.54, 1.807) is 6.07 Å². The van der Waals surface area contributed by atoms with Crippen molar-refractivity contribution in [3.63, 3.8) is 0 Å². The minimum absolute atomic E-state index is 0.000162. The van der Waals surface area contributed by atoms with Crippen molar-refractivity contribution in [2.75, 3.05) is 7.11 Å². The molecule has 0 radical (unpaired) electrons. The van der Waals surface area contributed by atoms with Gasteiger partial charge in [0, 0.05) is 10.5 Å². The Kier molecular flexibility index (Phi) is 3.47. The quantitative estimate of drug-likeness (QED) is 0.879. The first kappa shape index (κ1) is 12.2. The Morgan fingerprint density at radius 1 is 1.44 bits per heavy atom. The number of benzene rings is 1. The number of methoxy groups -OCH3 is 1. The van der Waals surface area contributed by atoms with E-state index in [2.05, 4.69) is 31.9 Å². The van der Waals surface area contributed by atoms with E-state index in [-0.39, 0.29) is 11.8 Å². The van der Waals surface area contributed by atoms with Crippen LogP contribution >= 0.6 is 31.9 Å². The molecule has 0 spiro atoms. The number of hydrogen-bond acceptors (Lipinski definition) is 3. The van der Waals surface area contributed by atoms with Crippen molar-refractivity contribution >= 4 is 31.9 Å². The summed E-state index contributed by atoms with van der Waals surface area (Å²) in [5.74, 6) is 1.10. The summed E-state index contributed by atoms with van der Waals surface area (Å²) in [6.07, 6.45) is 2.35. The van der Waals surface area contributed by atoms with E-state index < -0.39 is 0 Å². The average molecular weight is 351 g/mol. The van der Waals surface area contributed by atoms with Gasteiger partial charge in [-0.25, -0.2) is 0 Å². The molecule has 1 aromatic rings. The van der Waals surface area contributed by atoms with Crippen molar-refractivity contribution < 1.29 is 9.84 Å². The van der Waals surface area contributed by atoms with E-state index in [9.17, 15) is 5.11 Å². The number of rotatable bonds is 3. The third kappa shape index (κ3) is 2.08. The van der Waals surface area contributed by atoms with Crippen LogP contribution in [0.15, 0.2) is 15.0 Å². The Hall–Kier alpha value is -0.260. The molecule has 0 aliphatic heterocycles. The third-order valence-electron chi connectivity index (χ3n) is 2.88. The summed E-state index contributed by atoms with van der Waals surface area (Å²) < 4.78 is 6.52. The van der Waals surface area contributed by atoms with Gasteiger partial charge in [0.2, 0.25) is 0 Å². The van der Waals surface area contributed by atoms with Crippen LogP contribution < -0.4 is 10.5 Å². The number of ether oxygens (including phenoxy) is 1. The van der Waals surface area contributed by atoms with Crippen LogP contribution in [0.25, 0.3) is 0 Å². The summed E-state index contributed by atoms with van der Waals surface area (Å²) >= 11 is 6.78. The van der Waals surface area contributed by atoms with Gasteiger partial charge in [0.1, 0.15) is 0 Å². The zero-order valence-electron chi connectivity index (χ0n) is 8.84. The molecule has 3 nitrogen and oxygen atoms in total. The molecule has 0 heterocycles. The molecular formula is C11H13Br2NO2. The van der Waals surface area contributed by atoms with Crippen LogP contribution in [-0.2, 0) is 0 Å². The van der Waals surface area contributed by atoms with Crippen molar-refractivity contribution in [3.05, 3.63) is 20.6 Å². The first-order chi connectivity index (χ1) is 7.56. The van der Waals surface area contributed by atoms with Gasteiger partial charge in [-0.2, -0.15) is 0 Å². The van der Waals surface area contributed by atoms with E-state index in [0.29, 0.717) is 16.1 Å². The highest BCUT2D eigenvalue weighted by atomic mass is 79.9. The molecule has 3 N–H and O–H groups in total. The molecule has 0 amide bonds. The van der Waals surface area contributed by atoms with Crippen molar-refractivity contribution in [3.8, 4) is 11.5 Å². The van der Waals surface area contributed by atoms with Gasteiger partial charge in [0.05, 0.1) is 11.6 Å². The minimum atomic E-state index is 0.000162. The first-order valence-corrected chi connectivity index (χ1v) is 6.65. The van der Waals surface area contributed by atoms with Crippen molar-refractivity contribution in [1.82, 2.24) is 0 Å². The lowest BCUT2D eigenvalue weighted by molar-refractivity contribution is 0.370. The van der Waals surface area contributed by atoms with Crippen LogP contribution in [0, 0.1) is 5.92 Å². The fourth-order valence-electron chi connectivity index (χ4n) is 1.72. The highest BCUT2D eigenvalue weighted by Crippen LogP contribution is 2.47. The van der Waals surface area contributed by atoms with Gasteiger partial charge in [-0.15, -0.1) is 0 Å². The maximum atomic E-state index is 9.80. The van der Waals surface area contributed by atoms with Gasteiger partial charge in [-0.1, -0.05) is 0 Å². The average Bonchev–Trinajstić information content (AvgIpc) is 3.09. The molecule has 1 aromatic carbocycles. The fraction of sp³-hybridized carbons (Fsp3) is 0.455. The van der Waals surface area contributed by atoms with E-state index in [1.807, 2.05) is 0 Å². The van der Waals surface area contributed by atoms with Crippen LogP contribution in [0.4, 0.5) is 0 Å². The lowest BCUT2D eigenvalue weighted by Crippen LogP contribution is -2.13. The van der Waals surface area contributed by atoms with E-state index in [1.165, 1.54) is 20.0 Å². The molecule has 5 heteroatoms. The zero-order valence-corrected chi connectivity index (χ0v) is 12.0. The van der Waals surface area contributed by atoms with Gasteiger partial charge in [0.25, 0.3) is 0 Å². The van der Waals surface area contributed by atoms with Crippen molar-refractivity contribution in [2.45, 2.75) is 18.9 Å². The number of hydrogen-bond donors (Lipinski definition) is 2.